The lowest BCUT2D eigenvalue weighted by Gasteiger charge is -2.30. The van der Waals surface area contributed by atoms with Crippen LogP contribution in [0, 0.1) is 0 Å². The van der Waals surface area contributed by atoms with E-state index in [9.17, 15) is 4.79 Å². The number of halogens is 1. The second-order valence-electron chi connectivity index (χ2n) is 8.42. The van der Waals surface area contributed by atoms with E-state index in [4.69, 9.17) is 22.1 Å². The normalized spacial score (nSPS) is 16.6. The van der Waals surface area contributed by atoms with E-state index in [1.165, 1.54) is 18.4 Å². The molecule has 0 radical (unpaired) electrons. The van der Waals surface area contributed by atoms with Crippen molar-refractivity contribution in [3.63, 3.8) is 0 Å². The third-order valence-corrected chi connectivity index (χ3v) is 5.98. The highest BCUT2D eigenvalue weighted by atomic mass is 35.5. The number of nitrogen functional groups attached to an aromatic ring is 1. The molecule has 2 N–H and O–H groups in total. The SMILES string of the molecule is CCCCOc1nc(N)c2c(n1)N(Cc1cc(Cl)cc(CN3CCCC3)c1)CC(=O)C2. The van der Waals surface area contributed by atoms with Gasteiger partial charge in [0.1, 0.15) is 11.6 Å². The molecule has 1 aromatic heterocycles. The molecule has 0 aliphatic carbocycles. The number of fused-ring (bicyclic) bond motifs is 1. The quantitative estimate of drug-likeness (QED) is 0.623. The Morgan fingerprint density at radius 1 is 1.13 bits per heavy atom. The van der Waals surface area contributed by atoms with E-state index in [0.717, 1.165) is 38.0 Å². The van der Waals surface area contributed by atoms with Gasteiger partial charge in [-0.15, -0.1) is 0 Å². The molecule has 0 bridgehead atoms. The van der Waals surface area contributed by atoms with Gasteiger partial charge in [0, 0.05) is 30.1 Å². The number of unbranched alkanes of at least 4 members (excludes halogenated alkanes) is 1. The van der Waals surface area contributed by atoms with E-state index in [1.807, 2.05) is 17.0 Å². The van der Waals surface area contributed by atoms with Crippen LogP contribution < -0.4 is 15.4 Å². The monoisotopic (exact) mass is 443 g/mol. The number of ketones is 1. The molecule has 31 heavy (non-hydrogen) atoms. The van der Waals surface area contributed by atoms with Crippen LogP contribution in [-0.2, 0) is 24.3 Å². The standard InChI is InChI=1S/C23H30ClN5O2/c1-2-3-8-31-23-26-21(25)20-12-19(30)15-29(22(20)27-23)14-17-9-16(10-18(24)11-17)13-28-6-4-5-7-28/h9-11H,2-8,12-15H2,1H3,(H2,25,26,27). The van der Waals surface area contributed by atoms with Gasteiger partial charge in [0.15, 0.2) is 5.78 Å². The van der Waals surface area contributed by atoms with Crippen LogP contribution in [0.15, 0.2) is 18.2 Å². The van der Waals surface area contributed by atoms with Gasteiger partial charge in [0.2, 0.25) is 0 Å². The zero-order valence-corrected chi connectivity index (χ0v) is 18.8. The van der Waals surface area contributed by atoms with Crippen molar-refractivity contribution < 1.29 is 9.53 Å². The van der Waals surface area contributed by atoms with Crippen molar-refractivity contribution in [3.8, 4) is 6.01 Å². The first-order chi connectivity index (χ1) is 15.0. The summed E-state index contributed by atoms with van der Waals surface area (Å²) >= 11 is 6.43. The van der Waals surface area contributed by atoms with Crippen LogP contribution in [0.1, 0.15) is 49.3 Å². The number of aromatic nitrogens is 2. The van der Waals surface area contributed by atoms with Crippen LogP contribution in [0.25, 0.3) is 0 Å². The summed E-state index contributed by atoms with van der Waals surface area (Å²) < 4.78 is 5.69. The summed E-state index contributed by atoms with van der Waals surface area (Å²) in [5.74, 6) is 1.09. The predicted molar refractivity (Wildman–Crippen MR) is 123 cm³/mol. The van der Waals surface area contributed by atoms with Gasteiger partial charge in [-0.3, -0.25) is 9.69 Å². The van der Waals surface area contributed by atoms with Crippen LogP contribution in [0.3, 0.4) is 0 Å². The van der Waals surface area contributed by atoms with Gasteiger partial charge >= 0.3 is 6.01 Å². The van der Waals surface area contributed by atoms with E-state index in [2.05, 4.69) is 27.9 Å². The highest BCUT2D eigenvalue weighted by Gasteiger charge is 2.28. The Morgan fingerprint density at radius 2 is 1.87 bits per heavy atom. The van der Waals surface area contributed by atoms with Crippen molar-refractivity contribution in [1.82, 2.24) is 14.9 Å². The molecule has 0 amide bonds. The molecule has 3 heterocycles. The molecule has 1 aromatic carbocycles. The molecule has 8 heteroatoms. The molecule has 4 rings (SSSR count). The number of benzene rings is 1. The molecule has 2 aliphatic heterocycles. The zero-order valence-electron chi connectivity index (χ0n) is 18.1. The highest BCUT2D eigenvalue weighted by molar-refractivity contribution is 6.30. The van der Waals surface area contributed by atoms with E-state index in [0.29, 0.717) is 35.4 Å². The lowest BCUT2D eigenvalue weighted by atomic mass is 10.0. The zero-order chi connectivity index (χ0) is 21.8. The summed E-state index contributed by atoms with van der Waals surface area (Å²) in [6.07, 6.45) is 4.71. The minimum absolute atomic E-state index is 0.0989. The second kappa shape index (κ2) is 9.83. The van der Waals surface area contributed by atoms with Gasteiger partial charge in [-0.2, -0.15) is 9.97 Å². The number of likely N-dealkylation sites (tertiary alicyclic amines) is 1. The van der Waals surface area contributed by atoms with Gasteiger partial charge < -0.3 is 15.4 Å². The van der Waals surface area contributed by atoms with Crippen molar-refractivity contribution in [1.29, 1.82) is 0 Å². The van der Waals surface area contributed by atoms with Crippen molar-refractivity contribution in [3.05, 3.63) is 39.9 Å². The molecule has 2 aromatic rings. The van der Waals surface area contributed by atoms with Crippen LogP contribution in [0.4, 0.5) is 11.6 Å². The molecule has 2 aliphatic rings. The van der Waals surface area contributed by atoms with Crippen molar-refractivity contribution in [2.45, 2.75) is 52.1 Å². The van der Waals surface area contributed by atoms with E-state index >= 15 is 0 Å². The first-order valence-corrected chi connectivity index (χ1v) is 11.5. The van der Waals surface area contributed by atoms with Crippen LogP contribution >= 0.6 is 11.6 Å². The van der Waals surface area contributed by atoms with Crippen LogP contribution in [0.2, 0.25) is 5.02 Å². The minimum atomic E-state index is 0.0989. The topological polar surface area (TPSA) is 84.6 Å². The third-order valence-electron chi connectivity index (χ3n) is 5.76. The summed E-state index contributed by atoms with van der Waals surface area (Å²) in [5, 5.41) is 0.709. The molecular weight excluding hydrogens is 414 g/mol. The van der Waals surface area contributed by atoms with Crippen LogP contribution in [-0.4, -0.2) is 46.9 Å². The molecule has 0 atom stereocenters. The number of carbonyl (C=O) groups excluding carboxylic acids is 1. The molecule has 1 saturated heterocycles. The average Bonchev–Trinajstić information content (AvgIpc) is 3.21. The minimum Gasteiger partial charge on any atom is -0.463 e. The molecule has 1 fully saturated rings. The van der Waals surface area contributed by atoms with E-state index in [-0.39, 0.29) is 24.8 Å². The lowest BCUT2D eigenvalue weighted by Crippen LogP contribution is -2.36. The second-order valence-corrected chi connectivity index (χ2v) is 8.85. The Bertz CT molecular complexity index is 946. The number of ether oxygens (including phenoxy) is 1. The number of nitrogens with zero attached hydrogens (tertiary/aromatic N) is 4. The van der Waals surface area contributed by atoms with Crippen molar-refractivity contribution >= 4 is 29.0 Å². The summed E-state index contributed by atoms with van der Waals surface area (Å²) in [6.45, 7) is 6.61. The molecule has 0 spiro atoms. The van der Waals surface area contributed by atoms with Gasteiger partial charge in [0.05, 0.1) is 13.2 Å². The van der Waals surface area contributed by atoms with E-state index in [1.54, 1.807) is 0 Å². The lowest BCUT2D eigenvalue weighted by molar-refractivity contribution is -0.117. The molecule has 0 unspecified atom stereocenters. The summed E-state index contributed by atoms with van der Waals surface area (Å²) in [6, 6.07) is 6.42. The first kappa shape index (κ1) is 21.8. The van der Waals surface area contributed by atoms with Gasteiger partial charge in [-0.25, -0.2) is 0 Å². The van der Waals surface area contributed by atoms with Crippen molar-refractivity contribution in [2.75, 3.05) is 36.9 Å². The van der Waals surface area contributed by atoms with Gasteiger partial charge in [0.25, 0.3) is 0 Å². The van der Waals surface area contributed by atoms with Gasteiger partial charge in [-0.1, -0.05) is 31.0 Å². The highest BCUT2D eigenvalue weighted by Crippen LogP contribution is 2.31. The Labute approximate surface area is 188 Å². The fraction of sp³-hybridized carbons (Fsp3) is 0.522. The van der Waals surface area contributed by atoms with Gasteiger partial charge in [-0.05, 0) is 55.6 Å². The molecule has 166 valence electrons. The maximum absolute atomic E-state index is 12.4. The average molecular weight is 444 g/mol. The third kappa shape index (κ3) is 5.46. The first-order valence-electron chi connectivity index (χ1n) is 11.1. The summed E-state index contributed by atoms with van der Waals surface area (Å²) in [4.78, 5) is 25.7. The molecule has 7 nitrogen and oxygen atoms in total. The number of hydrogen-bond acceptors (Lipinski definition) is 7. The fourth-order valence-corrected chi connectivity index (χ4v) is 4.54. The number of carbonyl (C=O) groups is 1. The number of nitrogens with two attached hydrogens (primary N) is 1. The number of hydrogen-bond donors (Lipinski definition) is 1. The smallest absolute Gasteiger partial charge is 0.320 e. The maximum atomic E-state index is 12.4. The van der Waals surface area contributed by atoms with Crippen LogP contribution in [0.5, 0.6) is 6.01 Å². The molecule has 0 saturated carbocycles. The number of Topliss-reactive ketones (excluding diaryl/α,β-unsaturated/α-hetero) is 1. The fourth-order valence-electron chi connectivity index (χ4n) is 4.26. The Hall–Kier alpha value is -2.38. The predicted octanol–water partition coefficient (Wildman–Crippen LogP) is 3.62. The number of anilines is 2. The summed E-state index contributed by atoms with van der Waals surface area (Å²) in [7, 11) is 0. The number of rotatable bonds is 8. The van der Waals surface area contributed by atoms with Crippen molar-refractivity contribution in [2.24, 2.45) is 0 Å². The maximum Gasteiger partial charge on any atom is 0.320 e. The Kier molecular flexibility index (Phi) is 6.92. The largest absolute Gasteiger partial charge is 0.463 e. The van der Waals surface area contributed by atoms with E-state index < -0.39 is 0 Å². The Balaban J connectivity index is 1.57. The molecular formula is C23H30ClN5O2. The Morgan fingerprint density at radius 3 is 2.61 bits per heavy atom. The summed E-state index contributed by atoms with van der Waals surface area (Å²) in [5.41, 5.74) is 9.09.